The van der Waals surface area contributed by atoms with Crippen molar-refractivity contribution >= 4 is 58.3 Å². The number of anilines is 1. The number of benzene rings is 3. The molecule has 11 nitrogen and oxygen atoms in total. The Morgan fingerprint density at radius 2 is 1.64 bits per heavy atom. The van der Waals surface area contributed by atoms with Crippen LogP contribution in [0.4, 0.5) is 18.9 Å². The number of hydrogen-bond donors (Lipinski definition) is 4. The van der Waals surface area contributed by atoms with Crippen LogP contribution >= 0.6 is 18.9 Å². The van der Waals surface area contributed by atoms with Crippen LogP contribution < -0.4 is 10.6 Å². The van der Waals surface area contributed by atoms with Crippen molar-refractivity contribution in [3.05, 3.63) is 89.1 Å². The van der Waals surface area contributed by atoms with E-state index in [9.17, 15) is 32.5 Å². The van der Waals surface area contributed by atoms with E-state index in [2.05, 4.69) is 10.6 Å². The second kappa shape index (κ2) is 13.6. The molecule has 0 spiro atoms. The van der Waals surface area contributed by atoms with Crippen LogP contribution in [-0.4, -0.2) is 74.4 Å². The number of halogens is 3. The number of alkyl halides is 2. The van der Waals surface area contributed by atoms with Gasteiger partial charge in [0.15, 0.2) is 0 Å². The Kier molecular flexibility index (Phi) is 9.61. The van der Waals surface area contributed by atoms with E-state index in [1.54, 1.807) is 12.1 Å². The zero-order valence-electron chi connectivity index (χ0n) is 26.5. The van der Waals surface area contributed by atoms with Crippen molar-refractivity contribution in [3.63, 3.8) is 0 Å². The molecule has 262 valence electrons. The van der Waals surface area contributed by atoms with E-state index >= 15 is 4.39 Å². The summed E-state index contributed by atoms with van der Waals surface area (Å²) in [6, 6.07) is 16.9. The first kappa shape index (κ1) is 35.3. The van der Waals surface area contributed by atoms with E-state index in [1.807, 2.05) is 42.5 Å². The molecule has 2 aliphatic rings. The minimum Gasteiger partial charge on any atom is -0.340 e. The van der Waals surface area contributed by atoms with Crippen molar-refractivity contribution in [2.45, 2.75) is 50.0 Å². The summed E-state index contributed by atoms with van der Waals surface area (Å²) in [5, 5.41) is 5.01. The van der Waals surface area contributed by atoms with Gasteiger partial charge >= 0.3 is 13.3 Å². The number of fused-ring (bicyclic) bond motifs is 2. The van der Waals surface area contributed by atoms with E-state index in [1.165, 1.54) is 16.7 Å². The molecular weight excluding hydrogens is 696 g/mol. The van der Waals surface area contributed by atoms with Gasteiger partial charge in [0.1, 0.15) is 17.9 Å². The number of hydrogen-bond acceptors (Lipinski definition) is 6. The monoisotopic (exact) mass is 728 g/mol. The highest BCUT2D eigenvalue weighted by Gasteiger charge is 2.52. The molecule has 4 aromatic rings. The quantitative estimate of drug-likeness (QED) is 0.189. The summed E-state index contributed by atoms with van der Waals surface area (Å²) in [6.07, 6.45) is 1.25. The second-order valence-electron chi connectivity index (χ2n) is 12.2. The van der Waals surface area contributed by atoms with Gasteiger partial charge in [0.05, 0.1) is 10.4 Å². The highest BCUT2D eigenvalue weighted by molar-refractivity contribution is 7.52. The van der Waals surface area contributed by atoms with Gasteiger partial charge in [-0.05, 0) is 60.7 Å². The number of amides is 4. The molecule has 50 heavy (non-hydrogen) atoms. The van der Waals surface area contributed by atoms with E-state index in [-0.39, 0.29) is 28.6 Å². The predicted octanol–water partition coefficient (Wildman–Crippen LogP) is 5.28. The van der Waals surface area contributed by atoms with Gasteiger partial charge in [-0.15, -0.1) is 11.3 Å². The Morgan fingerprint density at radius 3 is 2.30 bits per heavy atom. The summed E-state index contributed by atoms with van der Waals surface area (Å²) in [7, 11) is -6.07. The smallest absolute Gasteiger partial charge is 0.340 e. The number of carbonyl (C=O) groups is 4. The fourth-order valence-corrected chi connectivity index (χ4v) is 7.88. The lowest BCUT2D eigenvalue weighted by Gasteiger charge is -2.38. The molecule has 4 amide bonds. The number of nitrogens with one attached hydrogen (secondary N) is 2. The maximum absolute atomic E-state index is 15.2. The summed E-state index contributed by atoms with van der Waals surface area (Å²) in [4.78, 5) is 74.5. The van der Waals surface area contributed by atoms with E-state index in [4.69, 9.17) is 9.79 Å². The minimum atomic E-state index is -6.07. The van der Waals surface area contributed by atoms with Gasteiger partial charge in [-0.25, -0.2) is 4.39 Å². The molecule has 2 aliphatic heterocycles. The van der Waals surface area contributed by atoms with Gasteiger partial charge in [-0.3, -0.25) is 23.7 Å². The normalized spacial score (nSPS) is 19.9. The SMILES string of the molecule is CC(=O)N1CC[C@H]2CC[C@@H](C(=O)Nc3ccc(-c4ccccc4)cc3)N2C(=O)[C@@H](NC(=O)c2cc3c(F)c(C(F)(F)P(=O)(O)O)ccc3s2)C1. The Hall–Kier alpha value is -4.56. The molecule has 3 atom stereocenters. The Balaban J connectivity index is 1.23. The van der Waals surface area contributed by atoms with Crippen molar-refractivity contribution in [3.8, 4) is 11.1 Å². The standard InChI is InChI=1S/C34H32F3N4O7PS/c1-19(42)40-16-15-23-11-13-27(31(43)38-22-9-7-21(8-10-22)20-5-3-2-4-6-20)41(23)33(45)26(18-40)39-32(44)29-17-24-28(50-29)14-12-25(30(24)35)34(36,37)49(46,47)48/h2-10,12,14,17,23,26-27H,11,13,15-16,18H2,1H3,(H,38,43)(H,39,44)(H2,46,47,48)/t23-,26+,27+/m1/s1. The van der Waals surface area contributed by atoms with Crippen LogP contribution in [0.25, 0.3) is 21.2 Å². The average molecular weight is 729 g/mol. The van der Waals surface area contributed by atoms with Gasteiger partial charge in [0, 0.05) is 41.8 Å². The number of carbonyl (C=O) groups excluding carboxylic acids is 4. The molecule has 0 unspecified atom stereocenters. The summed E-state index contributed by atoms with van der Waals surface area (Å²) in [6.45, 7) is 1.38. The third kappa shape index (κ3) is 6.78. The molecule has 2 fully saturated rings. The molecule has 1 aromatic heterocycles. The molecule has 0 radical (unpaired) electrons. The summed E-state index contributed by atoms with van der Waals surface area (Å²) in [5.41, 5.74) is -3.83. The molecule has 0 aliphatic carbocycles. The summed E-state index contributed by atoms with van der Waals surface area (Å²) < 4.78 is 55.3. The zero-order chi connectivity index (χ0) is 36.0. The molecule has 2 saturated heterocycles. The van der Waals surface area contributed by atoms with E-state index in [0.717, 1.165) is 34.6 Å². The van der Waals surface area contributed by atoms with Crippen molar-refractivity contribution in [2.24, 2.45) is 0 Å². The molecule has 6 rings (SSSR count). The van der Waals surface area contributed by atoms with Crippen LogP contribution in [-0.2, 0) is 24.6 Å². The summed E-state index contributed by atoms with van der Waals surface area (Å²) in [5.74, 6) is -3.81. The van der Waals surface area contributed by atoms with Crippen LogP contribution in [0.15, 0.2) is 72.8 Å². The van der Waals surface area contributed by atoms with Crippen LogP contribution in [0, 0.1) is 5.82 Å². The Morgan fingerprint density at radius 1 is 0.960 bits per heavy atom. The Labute approximate surface area is 288 Å². The zero-order valence-corrected chi connectivity index (χ0v) is 28.2. The fourth-order valence-electron chi connectivity index (χ4n) is 6.44. The lowest BCUT2D eigenvalue weighted by molar-refractivity contribution is -0.143. The molecule has 4 N–H and O–H groups in total. The Bertz CT molecular complexity index is 2020. The first-order chi connectivity index (χ1) is 23.7. The minimum absolute atomic E-state index is 0.0420. The molecule has 0 bridgehead atoms. The second-order valence-corrected chi connectivity index (χ2v) is 15.0. The number of nitrogens with zero attached hydrogens (tertiary/aromatic N) is 2. The van der Waals surface area contributed by atoms with Crippen LogP contribution in [0.3, 0.4) is 0 Å². The highest BCUT2D eigenvalue weighted by atomic mass is 32.1. The first-order valence-electron chi connectivity index (χ1n) is 15.7. The van der Waals surface area contributed by atoms with Gasteiger partial charge in [-0.1, -0.05) is 42.5 Å². The average Bonchev–Trinajstić information content (AvgIpc) is 3.70. The fraction of sp³-hybridized carbons (Fsp3) is 0.294. The molecule has 3 heterocycles. The third-order valence-electron chi connectivity index (χ3n) is 9.05. The van der Waals surface area contributed by atoms with Gasteiger partial charge in [0.25, 0.3) is 5.91 Å². The van der Waals surface area contributed by atoms with Crippen molar-refractivity contribution in [1.82, 2.24) is 15.1 Å². The van der Waals surface area contributed by atoms with Gasteiger partial charge in [-0.2, -0.15) is 8.78 Å². The molecular formula is C34H32F3N4O7PS. The van der Waals surface area contributed by atoms with Crippen molar-refractivity contribution in [1.29, 1.82) is 0 Å². The number of rotatable bonds is 7. The maximum Gasteiger partial charge on any atom is 0.399 e. The maximum atomic E-state index is 15.2. The number of thiophene rings is 1. The first-order valence-corrected chi connectivity index (χ1v) is 18.1. The molecule has 16 heteroatoms. The van der Waals surface area contributed by atoms with E-state index < -0.39 is 65.9 Å². The van der Waals surface area contributed by atoms with Gasteiger partial charge in [0.2, 0.25) is 17.7 Å². The van der Waals surface area contributed by atoms with E-state index in [0.29, 0.717) is 31.0 Å². The molecule has 0 saturated carbocycles. The van der Waals surface area contributed by atoms with Gasteiger partial charge < -0.3 is 30.2 Å². The van der Waals surface area contributed by atoms with Crippen LogP contribution in [0.2, 0.25) is 0 Å². The predicted molar refractivity (Wildman–Crippen MR) is 180 cm³/mol. The molecule has 3 aromatic carbocycles. The van der Waals surface area contributed by atoms with Crippen molar-refractivity contribution < 1.29 is 46.7 Å². The lowest BCUT2D eigenvalue weighted by atomic mass is 10.1. The van der Waals surface area contributed by atoms with Crippen LogP contribution in [0.5, 0.6) is 0 Å². The van der Waals surface area contributed by atoms with Crippen LogP contribution in [0.1, 0.15) is 41.4 Å². The summed E-state index contributed by atoms with van der Waals surface area (Å²) >= 11 is 0.718. The van der Waals surface area contributed by atoms with Crippen molar-refractivity contribution in [2.75, 3.05) is 18.4 Å². The lowest BCUT2D eigenvalue weighted by Crippen LogP contribution is -2.60. The topological polar surface area (TPSA) is 156 Å². The largest absolute Gasteiger partial charge is 0.399 e. The third-order valence-corrected chi connectivity index (χ3v) is 11.1. The highest BCUT2D eigenvalue weighted by Crippen LogP contribution is 2.60.